The van der Waals surface area contributed by atoms with E-state index in [0.717, 1.165) is 6.42 Å². The fourth-order valence-corrected chi connectivity index (χ4v) is 2.36. The van der Waals surface area contributed by atoms with E-state index in [1.54, 1.807) is 11.9 Å². The zero-order valence-electron chi connectivity index (χ0n) is 11.1. The van der Waals surface area contributed by atoms with Crippen molar-refractivity contribution >= 4 is 33.7 Å². The summed E-state index contributed by atoms with van der Waals surface area (Å²) in [6.07, 6.45) is 2.56. The van der Waals surface area contributed by atoms with Crippen molar-refractivity contribution in [3.8, 4) is 0 Å². The largest absolute Gasteiger partial charge is 0.357 e. The molecule has 0 radical (unpaired) electrons. The number of rotatable bonds is 7. The second-order valence-electron chi connectivity index (χ2n) is 4.45. The molecule has 0 aromatic rings. The van der Waals surface area contributed by atoms with Gasteiger partial charge in [0, 0.05) is 26.6 Å². The third kappa shape index (κ3) is 4.81. The summed E-state index contributed by atoms with van der Waals surface area (Å²) >= 11 is 3.06. The molecular weight excluding hydrogens is 314 g/mol. The summed E-state index contributed by atoms with van der Waals surface area (Å²) in [5, 5.41) is 5.60. The average Bonchev–Trinajstić information content (AvgIpc) is 2.83. The molecule has 0 unspecified atom stereocenters. The minimum absolute atomic E-state index is 0.0399. The Bertz CT molecular complexity index is 349. The van der Waals surface area contributed by atoms with Crippen molar-refractivity contribution in [1.29, 1.82) is 0 Å². The molecular formula is C12H20BrN3O3. The zero-order chi connectivity index (χ0) is 14.3. The Kier molecular flexibility index (Phi) is 6.83. The molecule has 1 fully saturated rings. The van der Waals surface area contributed by atoms with E-state index >= 15 is 0 Å². The van der Waals surface area contributed by atoms with Crippen LogP contribution in [0.5, 0.6) is 0 Å². The van der Waals surface area contributed by atoms with Crippen molar-refractivity contribution < 1.29 is 14.4 Å². The lowest BCUT2D eigenvalue weighted by atomic mass is 10.1. The summed E-state index contributed by atoms with van der Waals surface area (Å²) in [6.45, 7) is 1.16. The molecule has 0 aromatic heterocycles. The van der Waals surface area contributed by atoms with Gasteiger partial charge < -0.3 is 15.5 Å². The van der Waals surface area contributed by atoms with E-state index in [2.05, 4.69) is 26.6 Å². The molecule has 108 valence electrons. The van der Waals surface area contributed by atoms with Crippen LogP contribution in [0.25, 0.3) is 0 Å². The number of likely N-dealkylation sites (tertiary alicyclic amines) is 1. The van der Waals surface area contributed by atoms with Gasteiger partial charge in [-0.25, -0.2) is 0 Å². The van der Waals surface area contributed by atoms with Crippen LogP contribution in [-0.2, 0) is 14.4 Å². The smallest absolute Gasteiger partial charge is 0.242 e. The molecule has 0 bridgehead atoms. The van der Waals surface area contributed by atoms with Crippen LogP contribution in [-0.4, -0.2) is 54.1 Å². The van der Waals surface area contributed by atoms with Crippen LogP contribution >= 0.6 is 15.9 Å². The van der Waals surface area contributed by atoms with Crippen molar-refractivity contribution in [3.63, 3.8) is 0 Å². The summed E-state index contributed by atoms with van der Waals surface area (Å²) in [5.41, 5.74) is 0. The number of amides is 3. The highest BCUT2D eigenvalue weighted by Crippen LogP contribution is 2.17. The molecule has 1 atom stereocenters. The van der Waals surface area contributed by atoms with Gasteiger partial charge in [0.15, 0.2) is 0 Å². The third-order valence-corrected chi connectivity index (χ3v) is 3.64. The predicted octanol–water partition coefficient (Wildman–Crippen LogP) is 0.0147. The number of carbonyl (C=O) groups is 3. The van der Waals surface area contributed by atoms with Crippen molar-refractivity contribution in [2.45, 2.75) is 31.7 Å². The highest BCUT2D eigenvalue weighted by atomic mass is 79.9. The number of alkyl halides is 1. The molecule has 0 aliphatic carbocycles. The molecule has 1 heterocycles. The predicted molar refractivity (Wildman–Crippen MR) is 74.8 cm³/mol. The molecule has 7 heteroatoms. The van der Waals surface area contributed by atoms with Crippen LogP contribution in [0.15, 0.2) is 0 Å². The lowest BCUT2D eigenvalue weighted by Gasteiger charge is -2.26. The zero-order valence-corrected chi connectivity index (χ0v) is 12.7. The molecule has 0 spiro atoms. The maximum Gasteiger partial charge on any atom is 0.242 e. The second kappa shape index (κ2) is 8.14. The fourth-order valence-electron chi connectivity index (χ4n) is 2.16. The Labute approximate surface area is 121 Å². The van der Waals surface area contributed by atoms with Gasteiger partial charge in [-0.3, -0.25) is 14.4 Å². The van der Waals surface area contributed by atoms with Gasteiger partial charge in [-0.1, -0.05) is 15.9 Å². The van der Waals surface area contributed by atoms with Gasteiger partial charge >= 0.3 is 0 Å². The first-order chi connectivity index (χ1) is 9.10. The molecule has 1 aliphatic heterocycles. The topological polar surface area (TPSA) is 78.5 Å². The Morgan fingerprint density at radius 1 is 1.47 bits per heavy atom. The summed E-state index contributed by atoms with van der Waals surface area (Å²) in [4.78, 5) is 36.2. The van der Waals surface area contributed by atoms with Crippen molar-refractivity contribution in [1.82, 2.24) is 15.5 Å². The van der Waals surface area contributed by atoms with Gasteiger partial charge in [0.2, 0.25) is 17.7 Å². The average molecular weight is 334 g/mol. The molecule has 1 aliphatic rings. The lowest BCUT2D eigenvalue weighted by molar-refractivity contribution is -0.137. The first-order valence-corrected chi connectivity index (χ1v) is 7.56. The molecule has 1 saturated heterocycles. The SMILES string of the molecule is CNC(=O)[C@H](CCCNC(=O)CBr)N1CCCC1=O. The summed E-state index contributed by atoms with van der Waals surface area (Å²) in [7, 11) is 1.57. The third-order valence-electron chi connectivity index (χ3n) is 3.13. The van der Waals surface area contributed by atoms with Crippen LogP contribution in [0.4, 0.5) is 0 Å². The Morgan fingerprint density at radius 3 is 2.74 bits per heavy atom. The summed E-state index contributed by atoms with van der Waals surface area (Å²) < 4.78 is 0. The van der Waals surface area contributed by atoms with E-state index in [4.69, 9.17) is 0 Å². The summed E-state index contributed by atoms with van der Waals surface area (Å²) in [5.74, 6) is -0.172. The van der Waals surface area contributed by atoms with Crippen LogP contribution in [0.1, 0.15) is 25.7 Å². The van der Waals surface area contributed by atoms with Crippen LogP contribution in [0.3, 0.4) is 0 Å². The van der Waals surface area contributed by atoms with E-state index in [-0.39, 0.29) is 23.1 Å². The molecule has 3 amide bonds. The number of likely N-dealkylation sites (N-methyl/N-ethyl adjacent to an activating group) is 1. The van der Waals surface area contributed by atoms with E-state index in [0.29, 0.717) is 32.4 Å². The van der Waals surface area contributed by atoms with E-state index in [1.807, 2.05) is 0 Å². The molecule has 6 nitrogen and oxygen atoms in total. The standard InChI is InChI=1S/C12H20BrN3O3/c1-14-12(19)9(16-7-3-5-11(16)18)4-2-6-15-10(17)8-13/h9H,2-8H2,1H3,(H,14,19)(H,15,17)/t9-/m0/s1. The lowest BCUT2D eigenvalue weighted by Crippen LogP contribution is -2.46. The maximum atomic E-state index is 11.8. The number of carbonyl (C=O) groups excluding carboxylic acids is 3. The maximum absolute atomic E-state index is 11.8. The van der Waals surface area contributed by atoms with Gasteiger partial charge in [0.25, 0.3) is 0 Å². The Balaban J connectivity index is 2.44. The van der Waals surface area contributed by atoms with Crippen molar-refractivity contribution in [3.05, 3.63) is 0 Å². The molecule has 1 rings (SSSR count). The molecule has 0 aromatic carbocycles. The van der Waals surface area contributed by atoms with Gasteiger partial charge in [-0.05, 0) is 19.3 Å². The van der Waals surface area contributed by atoms with E-state index in [1.165, 1.54) is 0 Å². The van der Waals surface area contributed by atoms with Crippen LogP contribution in [0, 0.1) is 0 Å². The number of hydrogen-bond donors (Lipinski definition) is 2. The van der Waals surface area contributed by atoms with Crippen molar-refractivity contribution in [2.75, 3.05) is 25.5 Å². The normalized spacial score (nSPS) is 16.3. The highest BCUT2D eigenvalue weighted by molar-refractivity contribution is 9.09. The number of nitrogens with zero attached hydrogens (tertiary/aromatic N) is 1. The molecule has 2 N–H and O–H groups in total. The molecule has 0 saturated carbocycles. The number of halogens is 1. The number of hydrogen-bond acceptors (Lipinski definition) is 3. The molecule has 19 heavy (non-hydrogen) atoms. The van der Waals surface area contributed by atoms with Gasteiger partial charge in [-0.2, -0.15) is 0 Å². The minimum atomic E-state index is -0.416. The van der Waals surface area contributed by atoms with Gasteiger partial charge in [0.1, 0.15) is 6.04 Å². The highest BCUT2D eigenvalue weighted by Gasteiger charge is 2.31. The van der Waals surface area contributed by atoms with E-state index < -0.39 is 6.04 Å². The monoisotopic (exact) mass is 333 g/mol. The second-order valence-corrected chi connectivity index (χ2v) is 5.01. The number of nitrogens with one attached hydrogen (secondary N) is 2. The van der Waals surface area contributed by atoms with Gasteiger partial charge in [0.05, 0.1) is 5.33 Å². The van der Waals surface area contributed by atoms with Crippen LogP contribution < -0.4 is 10.6 Å². The summed E-state index contributed by atoms with van der Waals surface area (Å²) in [6, 6.07) is -0.416. The fraction of sp³-hybridized carbons (Fsp3) is 0.750. The van der Waals surface area contributed by atoms with E-state index in [9.17, 15) is 14.4 Å². The first-order valence-electron chi connectivity index (χ1n) is 6.44. The Hall–Kier alpha value is -1.11. The van der Waals surface area contributed by atoms with Crippen molar-refractivity contribution in [2.24, 2.45) is 0 Å². The Morgan fingerprint density at radius 2 is 2.21 bits per heavy atom. The quantitative estimate of drug-likeness (QED) is 0.509. The first kappa shape index (κ1) is 15.9. The minimum Gasteiger partial charge on any atom is -0.357 e. The van der Waals surface area contributed by atoms with Crippen LogP contribution in [0.2, 0.25) is 0 Å². The van der Waals surface area contributed by atoms with Gasteiger partial charge in [-0.15, -0.1) is 0 Å².